The molecule has 2 heteroatoms. The summed E-state index contributed by atoms with van der Waals surface area (Å²) >= 11 is 0. The predicted molar refractivity (Wildman–Crippen MR) is 51.2 cm³/mol. The summed E-state index contributed by atoms with van der Waals surface area (Å²) in [5.74, 6) is 0.469. The standard InChI is InChI=1S/C11H18O2/c1-11-4-2-9(12)6-8(11)7-10(13)3-5-11/h2,4,8-10,12-13H,3,5-7H2,1H3/t8-,9+,10+,11-/m0/s1. The third kappa shape index (κ3) is 1.65. The number of aliphatic hydroxyl groups excluding tert-OH is 2. The van der Waals surface area contributed by atoms with E-state index in [0.717, 1.165) is 25.7 Å². The van der Waals surface area contributed by atoms with Crippen LogP contribution in [0.3, 0.4) is 0 Å². The molecule has 2 nitrogen and oxygen atoms in total. The second-order valence-corrected chi connectivity index (χ2v) is 4.79. The molecule has 0 aliphatic heterocycles. The Labute approximate surface area is 79.3 Å². The van der Waals surface area contributed by atoms with Gasteiger partial charge >= 0.3 is 0 Å². The van der Waals surface area contributed by atoms with Gasteiger partial charge in [-0.05, 0) is 37.0 Å². The molecule has 0 bridgehead atoms. The third-order valence-electron chi connectivity index (χ3n) is 3.73. The van der Waals surface area contributed by atoms with Crippen LogP contribution in [0.25, 0.3) is 0 Å². The highest BCUT2D eigenvalue weighted by Crippen LogP contribution is 2.46. The fraction of sp³-hybridized carbons (Fsp3) is 0.818. The van der Waals surface area contributed by atoms with Crippen LogP contribution in [0.4, 0.5) is 0 Å². The van der Waals surface area contributed by atoms with E-state index >= 15 is 0 Å². The van der Waals surface area contributed by atoms with Crippen LogP contribution < -0.4 is 0 Å². The van der Waals surface area contributed by atoms with Gasteiger partial charge in [-0.15, -0.1) is 0 Å². The van der Waals surface area contributed by atoms with Gasteiger partial charge < -0.3 is 10.2 Å². The van der Waals surface area contributed by atoms with Gasteiger partial charge in [0.15, 0.2) is 0 Å². The van der Waals surface area contributed by atoms with E-state index in [1.54, 1.807) is 0 Å². The zero-order valence-electron chi connectivity index (χ0n) is 8.11. The molecule has 2 rings (SSSR count). The molecule has 0 unspecified atom stereocenters. The molecule has 1 saturated carbocycles. The second kappa shape index (κ2) is 3.10. The highest BCUT2D eigenvalue weighted by Gasteiger charge is 2.40. The number of allylic oxidation sites excluding steroid dienone is 1. The van der Waals surface area contributed by atoms with Crippen molar-refractivity contribution in [2.24, 2.45) is 11.3 Å². The molecular weight excluding hydrogens is 164 g/mol. The van der Waals surface area contributed by atoms with Crippen LogP contribution >= 0.6 is 0 Å². The summed E-state index contributed by atoms with van der Waals surface area (Å²) in [5, 5.41) is 19.0. The lowest BCUT2D eigenvalue weighted by Gasteiger charge is -2.44. The van der Waals surface area contributed by atoms with Crippen molar-refractivity contribution in [2.75, 3.05) is 0 Å². The minimum absolute atomic E-state index is 0.142. The summed E-state index contributed by atoms with van der Waals surface area (Å²) in [5.41, 5.74) is 0.235. The van der Waals surface area contributed by atoms with Crippen LogP contribution in [0.2, 0.25) is 0 Å². The lowest BCUT2D eigenvalue weighted by Crippen LogP contribution is -2.39. The number of rotatable bonds is 0. The maximum absolute atomic E-state index is 9.54. The van der Waals surface area contributed by atoms with Crippen LogP contribution in [-0.4, -0.2) is 22.4 Å². The van der Waals surface area contributed by atoms with E-state index in [2.05, 4.69) is 13.0 Å². The molecule has 74 valence electrons. The Hall–Kier alpha value is -0.340. The van der Waals surface area contributed by atoms with Crippen molar-refractivity contribution in [2.45, 2.75) is 44.8 Å². The van der Waals surface area contributed by atoms with E-state index in [9.17, 15) is 10.2 Å². The maximum Gasteiger partial charge on any atom is 0.0724 e. The highest BCUT2D eigenvalue weighted by molar-refractivity contribution is 5.10. The average molecular weight is 182 g/mol. The summed E-state index contributed by atoms with van der Waals surface area (Å²) in [7, 11) is 0. The number of hydrogen-bond donors (Lipinski definition) is 2. The quantitative estimate of drug-likeness (QED) is 0.557. The molecule has 0 aromatic heterocycles. The summed E-state index contributed by atoms with van der Waals surface area (Å²) in [6, 6.07) is 0. The highest BCUT2D eigenvalue weighted by atomic mass is 16.3. The van der Waals surface area contributed by atoms with Crippen LogP contribution in [-0.2, 0) is 0 Å². The van der Waals surface area contributed by atoms with Gasteiger partial charge in [0.05, 0.1) is 12.2 Å². The van der Waals surface area contributed by atoms with E-state index < -0.39 is 0 Å². The second-order valence-electron chi connectivity index (χ2n) is 4.79. The number of hydrogen-bond acceptors (Lipinski definition) is 2. The van der Waals surface area contributed by atoms with Crippen LogP contribution in [0.1, 0.15) is 32.6 Å². The van der Waals surface area contributed by atoms with E-state index in [4.69, 9.17) is 0 Å². The molecule has 2 aliphatic carbocycles. The van der Waals surface area contributed by atoms with Crippen LogP contribution in [0.15, 0.2) is 12.2 Å². The van der Waals surface area contributed by atoms with Crippen molar-refractivity contribution in [3.63, 3.8) is 0 Å². The summed E-state index contributed by atoms with van der Waals surface area (Å²) in [4.78, 5) is 0. The van der Waals surface area contributed by atoms with Gasteiger partial charge in [-0.25, -0.2) is 0 Å². The Morgan fingerprint density at radius 1 is 1.31 bits per heavy atom. The van der Waals surface area contributed by atoms with Crippen molar-refractivity contribution in [1.82, 2.24) is 0 Å². The molecule has 0 heterocycles. The van der Waals surface area contributed by atoms with Crippen LogP contribution in [0, 0.1) is 11.3 Å². The monoisotopic (exact) mass is 182 g/mol. The average Bonchev–Trinajstić information content (AvgIpc) is 2.08. The number of aliphatic hydroxyl groups is 2. The van der Waals surface area contributed by atoms with E-state index in [-0.39, 0.29) is 17.6 Å². The molecule has 0 aromatic rings. The van der Waals surface area contributed by atoms with E-state index in [1.165, 1.54) is 0 Å². The number of fused-ring (bicyclic) bond motifs is 1. The minimum Gasteiger partial charge on any atom is -0.393 e. The topological polar surface area (TPSA) is 40.5 Å². The first-order chi connectivity index (χ1) is 6.10. The van der Waals surface area contributed by atoms with Gasteiger partial charge in [0.1, 0.15) is 0 Å². The van der Waals surface area contributed by atoms with Crippen molar-refractivity contribution in [1.29, 1.82) is 0 Å². The summed E-state index contributed by atoms with van der Waals surface area (Å²) in [6.07, 6.45) is 7.28. The molecule has 0 spiro atoms. The molecule has 0 saturated heterocycles. The lowest BCUT2D eigenvalue weighted by atomic mass is 9.62. The normalized spacial score (nSPS) is 50.2. The fourth-order valence-corrected chi connectivity index (χ4v) is 2.68. The Kier molecular flexibility index (Phi) is 2.20. The first kappa shape index (κ1) is 9.22. The third-order valence-corrected chi connectivity index (χ3v) is 3.73. The predicted octanol–water partition coefficient (Wildman–Crippen LogP) is 1.47. The zero-order valence-corrected chi connectivity index (χ0v) is 8.11. The van der Waals surface area contributed by atoms with E-state index in [1.807, 2.05) is 6.08 Å². The van der Waals surface area contributed by atoms with Gasteiger partial charge in [-0.1, -0.05) is 19.1 Å². The van der Waals surface area contributed by atoms with Gasteiger partial charge in [0, 0.05) is 0 Å². The molecule has 0 amide bonds. The first-order valence-corrected chi connectivity index (χ1v) is 5.16. The van der Waals surface area contributed by atoms with Crippen LogP contribution in [0.5, 0.6) is 0 Å². The van der Waals surface area contributed by atoms with Crippen molar-refractivity contribution < 1.29 is 10.2 Å². The minimum atomic E-state index is -0.289. The van der Waals surface area contributed by atoms with Crippen molar-refractivity contribution in [3.8, 4) is 0 Å². The molecule has 0 radical (unpaired) electrons. The van der Waals surface area contributed by atoms with Gasteiger partial charge in [0.25, 0.3) is 0 Å². The van der Waals surface area contributed by atoms with Crippen molar-refractivity contribution in [3.05, 3.63) is 12.2 Å². The Morgan fingerprint density at radius 3 is 2.85 bits per heavy atom. The SMILES string of the molecule is C[C@@]12C=C[C@@H](O)C[C@H]1C[C@H](O)CC2. The molecule has 13 heavy (non-hydrogen) atoms. The van der Waals surface area contributed by atoms with Gasteiger partial charge in [0.2, 0.25) is 0 Å². The molecule has 2 N–H and O–H groups in total. The zero-order chi connectivity index (χ0) is 9.47. The first-order valence-electron chi connectivity index (χ1n) is 5.16. The van der Waals surface area contributed by atoms with Gasteiger partial charge in [-0.2, -0.15) is 0 Å². The Morgan fingerprint density at radius 2 is 2.08 bits per heavy atom. The Balaban J connectivity index is 2.17. The fourth-order valence-electron chi connectivity index (χ4n) is 2.68. The molecule has 4 atom stereocenters. The summed E-state index contributed by atoms with van der Waals surface area (Å²) in [6.45, 7) is 2.24. The largest absolute Gasteiger partial charge is 0.393 e. The molecular formula is C11H18O2. The summed E-state index contributed by atoms with van der Waals surface area (Å²) < 4.78 is 0. The molecule has 1 fully saturated rings. The smallest absolute Gasteiger partial charge is 0.0724 e. The van der Waals surface area contributed by atoms with Crippen molar-refractivity contribution >= 4 is 0 Å². The lowest BCUT2D eigenvalue weighted by molar-refractivity contribution is 0.0147. The van der Waals surface area contributed by atoms with E-state index in [0.29, 0.717) is 5.92 Å². The molecule has 0 aromatic carbocycles. The van der Waals surface area contributed by atoms with Gasteiger partial charge in [-0.3, -0.25) is 0 Å². The molecule has 2 aliphatic rings. The maximum atomic E-state index is 9.54. The Bertz CT molecular complexity index is 224.